The molecule has 1 fully saturated rings. The molecular formula is C34H29NO3. The molecule has 1 aromatic heterocycles. The Balaban J connectivity index is 1.30. The molecular weight excluding hydrogens is 470 g/mol. The van der Waals surface area contributed by atoms with Crippen LogP contribution in [0.5, 0.6) is 0 Å². The average Bonchev–Trinajstić information content (AvgIpc) is 3.61. The zero-order valence-corrected chi connectivity index (χ0v) is 21.1. The zero-order chi connectivity index (χ0) is 25.9. The monoisotopic (exact) mass is 499 g/mol. The standard InChI is InChI=1S/C34H29NO3/c36-34(37)29-18-8-16-27(22-29)26-15-7-10-23(20-26)21-28-17-9-19-30(28)33-35-31(24-11-3-1-4-12-24)32(38-33)25-13-5-2-6-14-25/h1-8,10-16,18,20,22,28,30H,9,17,19,21H2,(H,36,37). The molecule has 1 saturated carbocycles. The molecule has 4 heteroatoms. The lowest BCUT2D eigenvalue weighted by atomic mass is 9.88. The predicted molar refractivity (Wildman–Crippen MR) is 150 cm³/mol. The summed E-state index contributed by atoms with van der Waals surface area (Å²) in [6.07, 6.45) is 4.28. The smallest absolute Gasteiger partial charge is 0.335 e. The summed E-state index contributed by atoms with van der Waals surface area (Å²) in [6, 6.07) is 36.1. The van der Waals surface area contributed by atoms with Crippen LogP contribution in [-0.2, 0) is 6.42 Å². The molecule has 0 spiro atoms. The SMILES string of the molecule is O=C(O)c1cccc(-c2cccc(CC3CCCC3c3nc(-c4ccccc4)c(-c4ccccc4)o3)c2)c1. The van der Waals surface area contributed by atoms with Crippen molar-refractivity contribution in [2.24, 2.45) is 5.92 Å². The molecule has 1 aliphatic carbocycles. The quantitative estimate of drug-likeness (QED) is 0.244. The molecule has 4 aromatic carbocycles. The second-order valence-electron chi connectivity index (χ2n) is 10.0. The largest absolute Gasteiger partial charge is 0.478 e. The van der Waals surface area contributed by atoms with Crippen LogP contribution in [0.25, 0.3) is 33.7 Å². The maximum Gasteiger partial charge on any atom is 0.335 e. The van der Waals surface area contributed by atoms with Gasteiger partial charge in [0.15, 0.2) is 11.7 Å². The van der Waals surface area contributed by atoms with E-state index in [1.165, 1.54) is 5.56 Å². The number of rotatable bonds is 7. The minimum Gasteiger partial charge on any atom is -0.478 e. The fourth-order valence-corrected chi connectivity index (χ4v) is 5.69. The van der Waals surface area contributed by atoms with Gasteiger partial charge in [-0.2, -0.15) is 0 Å². The Morgan fingerprint density at radius 3 is 2.16 bits per heavy atom. The third-order valence-electron chi connectivity index (χ3n) is 7.57. The van der Waals surface area contributed by atoms with Gasteiger partial charge in [0.25, 0.3) is 0 Å². The third kappa shape index (κ3) is 4.90. The molecule has 0 amide bonds. The molecule has 0 aliphatic heterocycles. The molecule has 0 bridgehead atoms. The second kappa shape index (κ2) is 10.5. The molecule has 188 valence electrons. The number of benzene rings is 4. The van der Waals surface area contributed by atoms with Crippen LogP contribution in [0.3, 0.4) is 0 Å². The van der Waals surface area contributed by atoms with Crippen LogP contribution in [-0.4, -0.2) is 16.1 Å². The van der Waals surface area contributed by atoms with Gasteiger partial charge in [-0.3, -0.25) is 0 Å². The number of hydrogen-bond acceptors (Lipinski definition) is 3. The van der Waals surface area contributed by atoms with E-state index in [1.54, 1.807) is 18.2 Å². The first-order valence-electron chi connectivity index (χ1n) is 13.2. The first kappa shape index (κ1) is 23.9. The van der Waals surface area contributed by atoms with Crippen LogP contribution >= 0.6 is 0 Å². The van der Waals surface area contributed by atoms with E-state index in [1.807, 2.05) is 48.5 Å². The average molecular weight is 500 g/mol. The van der Waals surface area contributed by atoms with Crippen molar-refractivity contribution in [1.82, 2.24) is 4.98 Å². The van der Waals surface area contributed by atoms with Gasteiger partial charge < -0.3 is 9.52 Å². The number of carboxylic acids is 1. The molecule has 2 atom stereocenters. The molecule has 2 unspecified atom stereocenters. The first-order valence-corrected chi connectivity index (χ1v) is 13.2. The Bertz CT molecular complexity index is 1500. The van der Waals surface area contributed by atoms with E-state index in [0.29, 0.717) is 11.5 Å². The van der Waals surface area contributed by atoms with Crippen molar-refractivity contribution in [3.63, 3.8) is 0 Å². The Labute approximate surface area is 222 Å². The summed E-state index contributed by atoms with van der Waals surface area (Å²) < 4.78 is 6.57. The van der Waals surface area contributed by atoms with Crippen molar-refractivity contribution in [1.29, 1.82) is 0 Å². The third-order valence-corrected chi connectivity index (χ3v) is 7.57. The van der Waals surface area contributed by atoms with Gasteiger partial charge in [0.1, 0.15) is 5.69 Å². The maximum atomic E-state index is 11.4. The summed E-state index contributed by atoms with van der Waals surface area (Å²) in [5.41, 5.74) is 6.51. The normalized spacial score (nSPS) is 16.9. The second-order valence-corrected chi connectivity index (χ2v) is 10.0. The number of hydrogen-bond donors (Lipinski definition) is 1. The number of nitrogens with zero attached hydrogens (tertiary/aromatic N) is 1. The van der Waals surface area contributed by atoms with Crippen LogP contribution < -0.4 is 0 Å². The zero-order valence-electron chi connectivity index (χ0n) is 21.1. The van der Waals surface area contributed by atoms with Crippen molar-refractivity contribution in [3.8, 4) is 33.7 Å². The van der Waals surface area contributed by atoms with E-state index in [9.17, 15) is 9.90 Å². The topological polar surface area (TPSA) is 63.3 Å². The molecule has 0 saturated heterocycles. The molecule has 38 heavy (non-hydrogen) atoms. The number of aromatic nitrogens is 1. The summed E-state index contributed by atoms with van der Waals surface area (Å²) in [7, 11) is 0. The highest BCUT2D eigenvalue weighted by atomic mass is 16.4. The fourth-order valence-electron chi connectivity index (χ4n) is 5.69. The summed E-state index contributed by atoms with van der Waals surface area (Å²) in [4.78, 5) is 16.5. The number of carboxylic acid groups (broad SMARTS) is 1. The van der Waals surface area contributed by atoms with Gasteiger partial charge in [0.05, 0.1) is 5.56 Å². The van der Waals surface area contributed by atoms with E-state index in [4.69, 9.17) is 9.40 Å². The summed E-state index contributed by atoms with van der Waals surface area (Å²) in [5.74, 6) is 1.44. The molecule has 4 nitrogen and oxygen atoms in total. The van der Waals surface area contributed by atoms with Crippen LogP contribution in [0.15, 0.2) is 114 Å². The predicted octanol–water partition coefficient (Wildman–Crippen LogP) is 8.50. The van der Waals surface area contributed by atoms with E-state index in [0.717, 1.165) is 65.3 Å². The molecule has 6 rings (SSSR count). The van der Waals surface area contributed by atoms with Crippen molar-refractivity contribution in [2.45, 2.75) is 31.6 Å². The minimum absolute atomic E-state index is 0.258. The highest BCUT2D eigenvalue weighted by Gasteiger charge is 2.33. The van der Waals surface area contributed by atoms with Gasteiger partial charge in [-0.25, -0.2) is 9.78 Å². The van der Waals surface area contributed by atoms with Crippen LogP contribution in [0, 0.1) is 5.92 Å². The lowest BCUT2D eigenvalue weighted by Crippen LogP contribution is -2.10. The van der Waals surface area contributed by atoms with Crippen LogP contribution in [0.1, 0.15) is 47.0 Å². The first-order chi connectivity index (χ1) is 18.7. The molecule has 5 aromatic rings. The van der Waals surface area contributed by atoms with Gasteiger partial charge in [0.2, 0.25) is 0 Å². The highest BCUT2D eigenvalue weighted by Crippen LogP contribution is 2.44. The van der Waals surface area contributed by atoms with E-state index >= 15 is 0 Å². The molecule has 1 aliphatic rings. The van der Waals surface area contributed by atoms with E-state index < -0.39 is 5.97 Å². The molecule has 0 radical (unpaired) electrons. The fraction of sp³-hybridized carbons (Fsp3) is 0.176. The lowest BCUT2D eigenvalue weighted by Gasteiger charge is -2.17. The van der Waals surface area contributed by atoms with Crippen LogP contribution in [0.4, 0.5) is 0 Å². The van der Waals surface area contributed by atoms with Gasteiger partial charge in [-0.05, 0) is 54.0 Å². The van der Waals surface area contributed by atoms with Crippen molar-refractivity contribution in [3.05, 3.63) is 126 Å². The van der Waals surface area contributed by atoms with Gasteiger partial charge in [-0.1, -0.05) is 103 Å². The van der Waals surface area contributed by atoms with Gasteiger partial charge >= 0.3 is 5.97 Å². The Morgan fingerprint density at radius 1 is 0.763 bits per heavy atom. The van der Waals surface area contributed by atoms with Gasteiger partial charge in [0, 0.05) is 17.0 Å². The van der Waals surface area contributed by atoms with E-state index in [2.05, 4.69) is 42.5 Å². The van der Waals surface area contributed by atoms with Crippen LogP contribution in [0.2, 0.25) is 0 Å². The summed E-state index contributed by atoms with van der Waals surface area (Å²) in [5, 5.41) is 9.39. The number of aromatic carboxylic acids is 1. The van der Waals surface area contributed by atoms with E-state index in [-0.39, 0.29) is 5.92 Å². The Kier molecular flexibility index (Phi) is 6.62. The summed E-state index contributed by atoms with van der Waals surface area (Å²) in [6.45, 7) is 0. The Hall–Kier alpha value is -4.44. The highest BCUT2D eigenvalue weighted by molar-refractivity contribution is 5.89. The lowest BCUT2D eigenvalue weighted by molar-refractivity contribution is 0.0697. The molecule has 1 N–H and O–H groups in total. The van der Waals surface area contributed by atoms with Crippen molar-refractivity contribution < 1.29 is 14.3 Å². The minimum atomic E-state index is -0.910. The Morgan fingerprint density at radius 2 is 1.42 bits per heavy atom. The number of carbonyl (C=O) groups is 1. The number of oxazole rings is 1. The van der Waals surface area contributed by atoms with Crippen molar-refractivity contribution in [2.75, 3.05) is 0 Å². The van der Waals surface area contributed by atoms with Gasteiger partial charge in [-0.15, -0.1) is 0 Å². The van der Waals surface area contributed by atoms with Crippen molar-refractivity contribution >= 4 is 5.97 Å². The molecule has 1 heterocycles. The maximum absolute atomic E-state index is 11.4. The summed E-state index contributed by atoms with van der Waals surface area (Å²) >= 11 is 0.